The van der Waals surface area contributed by atoms with Crippen LogP contribution < -0.4 is 10.9 Å². The second-order valence-corrected chi connectivity index (χ2v) is 7.04. The van der Waals surface area contributed by atoms with Gasteiger partial charge in [0, 0.05) is 25.0 Å². The van der Waals surface area contributed by atoms with Gasteiger partial charge in [-0.1, -0.05) is 26.0 Å². The van der Waals surface area contributed by atoms with Crippen molar-refractivity contribution in [1.29, 1.82) is 0 Å². The van der Waals surface area contributed by atoms with Crippen LogP contribution in [0.15, 0.2) is 35.4 Å². The minimum atomic E-state index is -0.217. The number of carbonyl (C=O) groups excluding carboxylic acids is 2. The van der Waals surface area contributed by atoms with Gasteiger partial charge in [0.15, 0.2) is 0 Å². The molecule has 1 aromatic carbocycles. The zero-order valence-corrected chi connectivity index (χ0v) is 15.1. The Morgan fingerprint density at radius 3 is 2.85 bits per heavy atom. The number of hydrogen-bond acceptors (Lipinski definition) is 4. The average molecular weight is 356 g/mol. The summed E-state index contributed by atoms with van der Waals surface area (Å²) < 4.78 is 1.35. The molecule has 1 aliphatic rings. The summed E-state index contributed by atoms with van der Waals surface area (Å²) in [6.45, 7) is 4.78. The topological polar surface area (TPSA) is 84.3 Å². The number of piperidine rings is 1. The van der Waals surface area contributed by atoms with Gasteiger partial charge in [-0.05, 0) is 25.0 Å². The van der Waals surface area contributed by atoms with Crippen LogP contribution >= 0.6 is 0 Å². The van der Waals surface area contributed by atoms with Crippen molar-refractivity contribution in [2.24, 2.45) is 5.92 Å². The number of hydrogen-bond donors (Lipinski definition) is 1. The van der Waals surface area contributed by atoms with Crippen LogP contribution in [0.5, 0.6) is 0 Å². The molecular weight excluding hydrogens is 332 g/mol. The van der Waals surface area contributed by atoms with E-state index in [0.717, 1.165) is 12.8 Å². The first-order valence-corrected chi connectivity index (χ1v) is 8.98. The molecule has 2 heterocycles. The molecule has 1 unspecified atom stereocenters. The first kappa shape index (κ1) is 18.1. The highest BCUT2D eigenvalue weighted by molar-refractivity contribution is 5.80. The molecule has 7 heteroatoms. The molecule has 26 heavy (non-hydrogen) atoms. The molecule has 0 aliphatic carbocycles. The quantitative estimate of drug-likeness (QED) is 0.891. The van der Waals surface area contributed by atoms with Gasteiger partial charge in [-0.25, -0.2) is 4.98 Å². The van der Waals surface area contributed by atoms with E-state index in [9.17, 15) is 14.4 Å². The summed E-state index contributed by atoms with van der Waals surface area (Å²) in [5.41, 5.74) is 0.404. The summed E-state index contributed by atoms with van der Waals surface area (Å²) in [5.74, 6) is -0.213. The van der Waals surface area contributed by atoms with Crippen molar-refractivity contribution in [3.63, 3.8) is 0 Å². The smallest absolute Gasteiger partial charge is 0.261 e. The minimum Gasteiger partial charge on any atom is -0.351 e. The largest absolute Gasteiger partial charge is 0.351 e. The third-order valence-corrected chi connectivity index (χ3v) is 4.68. The number of likely N-dealkylation sites (tertiary alicyclic amines) is 1. The van der Waals surface area contributed by atoms with Crippen LogP contribution in [0.1, 0.15) is 26.7 Å². The molecule has 1 saturated heterocycles. The summed E-state index contributed by atoms with van der Waals surface area (Å²) >= 11 is 0. The predicted octanol–water partition coefficient (Wildman–Crippen LogP) is 1.16. The van der Waals surface area contributed by atoms with Crippen molar-refractivity contribution in [3.8, 4) is 0 Å². The van der Waals surface area contributed by atoms with E-state index in [1.54, 1.807) is 23.1 Å². The van der Waals surface area contributed by atoms with E-state index in [-0.39, 0.29) is 35.9 Å². The number of nitrogens with one attached hydrogen (secondary N) is 1. The average Bonchev–Trinajstić information content (AvgIpc) is 2.64. The van der Waals surface area contributed by atoms with Crippen LogP contribution in [-0.4, -0.2) is 45.4 Å². The highest BCUT2D eigenvalue weighted by Crippen LogP contribution is 2.12. The molecular formula is C19H24N4O3. The fourth-order valence-electron chi connectivity index (χ4n) is 3.15. The number of nitrogens with zero attached hydrogens (tertiary/aromatic N) is 3. The number of fused-ring (bicyclic) bond motifs is 1. The van der Waals surface area contributed by atoms with Gasteiger partial charge in [-0.2, -0.15) is 0 Å². The first-order chi connectivity index (χ1) is 12.5. The standard InChI is InChI=1S/C19H24N4O3/c1-13(2)18(25)21-14-6-5-9-22(10-14)17(24)11-23-12-20-16-8-4-3-7-15(16)19(23)26/h3-4,7-8,12-14H,5-6,9-11H2,1-2H3,(H,21,25). The SMILES string of the molecule is CC(C)C(=O)NC1CCCN(C(=O)Cn2cnc3ccccc3c2=O)C1. The Morgan fingerprint density at radius 2 is 2.08 bits per heavy atom. The summed E-state index contributed by atoms with van der Waals surface area (Å²) in [6.07, 6.45) is 3.11. The van der Waals surface area contributed by atoms with Crippen molar-refractivity contribution >= 4 is 22.7 Å². The Labute approximate surface area is 152 Å². The van der Waals surface area contributed by atoms with Gasteiger partial charge in [0.1, 0.15) is 6.54 Å². The van der Waals surface area contributed by atoms with Crippen LogP contribution in [-0.2, 0) is 16.1 Å². The van der Waals surface area contributed by atoms with Crippen molar-refractivity contribution in [1.82, 2.24) is 19.8 Å². The van der Waals surface area contributed by atoms with Gasteiger partial charge in [0.2, 0.25) is 11.8 Å². The zero-order chi connectivity index (χ0) is 18.7. The number of aromatic nitrogens is 2. The Morgan fingerprint density at radius 1 is 1.31 bits per heavy atom. The number of para-hydroxylation sites is 1. The number of amides is 2. The van der Waals surface area contributed by atoms with Gasteiger partial charge >= 0.3 is 0 Å². The predicted molar refractivity (Wildman–Crippen MR) is 98.6 cm³/mol. The summed E-state index contributed by atoms with van der Waals surface area (Å²) in [6, 6.07) is 7.06. The molecule has 1 fully saturated rings. The fraction of sp³-hybridized carbons (Fsp3) is 0.474. The second kappa shape index (κ2) is 7.68. The van der Waals surface area contributed by atoms with Crippen molar-refractivity contribution in [2.45, 2.75) is 39.3 Å². The monoisotopic (exact) mass is 356 g/mol. The van der Waals surface area contributed by atoms with E-state index in [1.165, 1.54) is 10.9 Å². The van der Waals surface area contributed by atoms with Gasteiger partial charge in [-0.15, -0.1) is 0 Å². The molecule has 138 valence electrons. The van der Waals surface area contributed by atoms with E-state index in [2.05, 4.69) is 10.3 Å². The van der Waals surface area contributed by atoms with Crippen LogP contribution in [0, 0.1) is 5.92 Å². The minimum absolute atomic E-state index is 0.000697. The Balaban J connectivity index is 1.69. The third-order valence-electron chi connectivity index (χ3n) is 4.68. The van der Waals surface area contributed by atoms with Gasteiger partial charge in [0.05, 0.1) is 17.2 Å². The van der Waals surface area contributed by atoms with Gasteiger partial charge in [0.25, 0.3) is 5.56 Å². The zero-order valence-electron chi connectivity index (χ0n) is 15.1. The molecule has 2 amide bonds. The molecule has 0 spiro atoms. The maximum Gasteiger partial charge on any atom is 0.261 e. The van der Waals surface area contributed by atoms with Gasteiger partial charge in [-0.3, -0.25) is 19.0 Å². The lowest BCUT2D eigenvalue weighted by Gasteiger charge is -2.33. The van der Waals surface area contributed by atoms with Crippen LogP contribution in [0.4, 0.5) is 0 Å². The maximum atomic E-state index is 12.6. The lowest BCUT2D eigenvalue weighted by Crippen LogP contribution is -2.51. The van der Waals surface area contributed by atoms with Crippen molar-refractivity contribution < 1.29 is 9.59 Å². The fourth-order valence-corrected chi connectivity index (χ4v) is 3.15. The van der Waals surface area contributed by atoms with Crippen molar-refractivity contribution in [3.05, 3.63) is 40.9 Å². The number of benzene rings is 1. The molecule has 1 atom stereocenters. The summed E-state index contributed by atoms with van der Waals surface area (Å²) in [7, 11) is 0. The van der Waals surface area contributed by atoms with Crippen LogP contribution in [0.25, 0.3) is 10.9 Å². The van der Waals surface area contributed by atoms with Crippen molar-refractivity contribution in [2.75, 3.05) is 13.1 Å². The molecule has 1 aliphatic heterocycles. The molecule has 1 N–H and O–H groups in total. The highest BCUT2D eigenvalue weighted by atomic mass is 16.2. The summed E-state index contributed by atoms with van der Waals surface area (Å²) in [5, 5.41) is 3.49. The van der Waals surface area contributed by atoms with E-state index in [4.69, 9.17) is 0 Å². The van der Waals surface area contributed by atoms with Crippen LogP contribution in [0.3, 0.4) is 0 Å². The lowest BCUT2D eigenvalue weighted by atomic mass is 10.0. The highest BCUT2D eigenvalue weighted by Gasteiger charge is 2.25. The Hall–Kier alpha value is -2.70. The maximum absolute atomic E-state index is 12.6. The van der Waals surface area contributed by atoms with E-state index in [1.807, 2.05) is 19.9 Å². The van der Waals surface area contributed by atoms with Gasteiger partial charge < -0.3 is 10.2 Å². The van der Waals surface area contributed by atoms with Crippen LogP contribution in [0.2, 0.25) is 0 Å². The molecule has 0 radical (unpaired) electrons. The summed E-state index contributed by atoms with van der Waals surface area (Å²) in [4.78, 5) is 43.0. The van der Waals surface area contributed by atoms with E-state index >= 15 is 0 Å². The molecule has 3 rings (SSSR count). The normalized spacial score (nSPS) is 17.5. The first-order valence-electron chi connectivity index (χ1n) is 8.98. The molecule has 2 aromatic rings. The molecule has 1 aromatic heterocycles. The van der Waals surface area contributed by atoms with E-state index < -0.39 is 0 Å². The Bertz CT molecular complexity index is 874. The molecule has 0 saturated carbocycles. The number of carbonyl (C=O) groups is 2. The Kier molecular flexibility index (Phi) is 5.35. The lowest BCUT2D eigenvalue weighted by molar-refractivity contribution is -0.134. The van der Waals surface area contributed by atoms with E-state index in [0.29, 0.717) is 24.0 Å². The third kappa shape index (κ3) is 3.92. The second-order valence-electron chi connectivity index (χ2n) is 7.04. The molecule has 7 nitrogen and oxygen atoms in total. The molecule has 0 bridgehead atoms. The number of rotatable bonds is 4.